The minimum atomic E-state index is -0.521. The van der Waals surface area contributed by atoms with Crippen LogP contribution < -0.4 is 4.74 Å². The first-order valence-electron chi connectivity index (χ1n) is 4.87. The molecule has 0 saturated heterocycles. The number of nitrogens with zero attached hydrogens (tertiary/aromatic N) is 1. The SMILES string of the molecule is COC(=O)c1ccc(OC(C)C)cc1C#N. The number of ether oxygens (including phenoxy) is 2. The smallest absolute Gasteiger partial charge is 0.339 e. The number of nitriles is 1. The summed E-state index contributed by atoms with van der Waals surface area (Å²) in [6.45, 7) is 3.78. The standard InChI is InChI=1S/C12H13NO3/c1-8(2)16-10-4-5-11(12(14)15-3)9(6-10)7-13/h4-6,8H,1-3H3. The largest absolute Gasteiger partial charge is 0.491 e. The van der Waals surface area contributed by atoms with Crippen molar-refractivity contribution in [2.24, 2.45) is 0 Å². The Morgan fingerprint density at radius 1 is 1.44 bits per heavy atom. The van der Waals surface area contributed by atoms with Crippen molar-refractivity contribution in [3.8, 4) is 11.8 Å². The van der Waals surface area contributed by atoms with Crippen LogP contribution in [0.3, 0.4) is 0 Å². The van der Waals surface area contributed by atoms with Gasteiger partial charge in [0.25, 0.3) is 0 Å². The van der Waals surface area contributed by atoms with Crippen LogP contribution in [-0.4, -0.2) is 19.2 Å². The van der Waals surface area contributed by atoms with Crippen molar-refractivity contribution >= 4 is 5.97 Å². The monoisotopic (exact) mass is 219 g/mol. The van der Waals surface area contributed by atoms with E-state index in [0.29, 0.717) is 5.75 Å². The van der Waals surface area contributed by atoms with E-state index in [1.165, 1.54) is 19.2 Å². The first kappa shape index (κ1) is 12.1. The molecule has 0 unspecified atom stereocenters. The second kappa shape index (κ2) is 5.17. The van der Waals surface area contributed by atoms with Gasteiger partial charge in [-0.25, -0.2) is 4.79 Å². The maximum atomic E-state index is 11.3. The van der Waals surface area contributed by atoms with Gasteiger partial charge in [-0.2, -0.15) is 5.26 Å². The summed E-state index contributed by atoms with van der Waals surface area (Å²) in [5.41, 5.74) is 0.506. The zero-order chi connectivity index (χ0) is 12.1. The molecule has 0 radical (unpaired) electrons. The first-order valence-corrected chi connectivity index (χ1v) is 4.87. The summed E-state index contributed by atoms with van der Waals surface area (Å²) in [4.78, 5) is 11.3. The maximum Gasteiger partial charge on any atom is 0.339 e. The Labute approximate surface area is 94.4 Å². The number of hydrogen-bond donors (Lipinski definition) is 0. The number of hydrogen-bond acceptors (Lipinski definition) is 4. The molecule has 4 nitrogen and oxygen atoms in total. The van der Waals surface area contributed by atoms with Crippen molar-refractivity contribution in [3.05, 3.63) is 29.3 Å². The minimum absolute atomic E-state index is 0.0236. The lowest BCUT2D eigenvalue weighted by Gasteiger charge is -2.10. The van der Waals surface area contributed by atoms with Crippen LogP contribution in [-0.2, 0) is 4.74 Å². The molecule has 0 aliphatic rings. The molecule has 1 aromatic rings. The molecule has 0 heterocycles. The summed E-state index contributed by atoms with van der Waals surface area (Å²) >= 11 is 0. The predicted molar refractivity (Wildman–Crippen MR) is 58.3 cm³/mol. The summed E-state index contributed by atoms with van der Waals surface area (Å²) in [5.74, 6) is 0.0480. The van der Waals surface area contributed by atoms with Crippen LogP contribution in [0.4, 0.5) is 0 Å². The molecule has 4 heteroatoms. The Balaban J connectivity index is 3.08. The van der Waals surface area contributed by atoms with Crippen LogP contribution in [0.1, 0.15) is 29.8 Å². The van der Waals surface area contributed by atoms with Gasteiger partial charge in [-0.1, -0.05) is 0 Å². The molecule has 84 valence electrons. The highest BCUT2D eigenvalue weighted by atomic mass is 16.5. The van der Waals surface area contributed by atoms with Crippen LogP contribution in [0, 0.1) is 11.3 Å². The third-order valence-corrected chi connectivity index (χ3v) is 1.89. The fraction of sp³-hybridized carbons (Fsp3) is 0.333. The molecule has 1 rings (SSSR count). The summed E-state index contributed by atoms with van der Waals surface area (Å²) in [6, 6.07) is 6.65. The van der Waals surface area contributed by atoms with E-state index in [4.69, 9.17) is 10.00 Å². The number of methoxy groups -OCH3 is 1. The normalized spacial score (nSPS) is 9.69. The number of rotatable bonds is 3. The molecule has 0 N–H and O–H groups in total. The Morgan fingerprint density at radius 2 is 2.12 bits per heavy atom. The average Bonchev–Trinajstić information content (AvgIpc) is 2.27. The number of esters is 1. The quantitative estimate of drug-likeness (QED) is 0.731. The van der Waals surface area contributed by atoms with Crippen molar-refractivity contribution in [1.29, 1.82) is 5.26 Å². The zero-order valence-corrected chi connectivity index (χ0v) is 9.48. The molecule has 0 saturated carbocycles. The van der Waals surface area contributed by atoms with E-state index < -0.39 is 5.97 Å². The Hall–Kier alpha value is -2.02. The lowest BCUT2D eigenvalue weighted by atomic mass is 10.1. The first-order chi connectivity index (χ1) is 7.58. The third kappa shape index (κ3) is 2.74. The van der Waals surface area contributed by atoms with Crippen molar-refractivity contribution in [2.75, 3.05) is 7.11 Å². The molecule has 0 aliphatic carbocycles. The Morgan fingerprint density at radius 3 is 2.62 bits per heavy atom. The van der Waals surface area contributed by atoms with Gasteiger partial charge in [0.2, 0.25) is 0 Å². The highest BCUT2D eigenvalue weighted by Gasteiger charge is 2.12. The molecule has 0 aliphatic heterocycles. The van der Waals surface area contributed by atoms with Crippen LogP contribution in [0.15, 0.2) is 18.2 Å². The van der Waals surface area contributed by atoms with E-state index in [1.807, 2.05) is 19.9 Å². The molecule has 0 aromatic heterocycles. The Bertz CT molecular complexity index is 432. The molecule has 0 amide bonds. The summed E-state index contributed by atoms with van der Waals surface area (Å²) in [5, 5.41) is 8.91. The molecule has 0 spiro atoms. The van der Waals surface area contributed by atoms with Crippen molar-refractivity contribution in [3.63, 3.8) is 0 Å². The van der Waals surface area contributed by atoms with Crippen LogP contribution in [0.25, 0.3) is 0 Å². The van der Waals surface area contributed by atoms with E-state index in [1.54, 1.807) is 6.07 Å². The van der Waals surface area contributed by atoms with E-state index in [-0.39, 0.29) is 17.2 Å². The van der Waals surface area contributed by atoms with Crippen LogP contribution in [0.2, 0.25) is 0 Å². The summed E-state index contributed by atoms with van der Waals surface area (Å²) < 4.78 is 9.99. The summed E-state index contributed by atoms with van der Waals surface area (Å²) in [7, 11) is 1.28. The fourth-order valence-electron chi connectivity index (χ4n) is 1.25. The van der Waals surface area contributed by atoms with Gasteiger partial charge in [0.1, 0.15) is 11.8 Å². The highest BCUT2D eigenvalue weighted by Crippen LogP contribution is 2.19. The summed E-state index contributed by atoms with van der Waals surface area (Å²) in [6.07, 6.45) is 0.0236. The fourth-order valence-corrected chi connectivity index (χ4v) is 1.25. The second-order valence-corrected chi connectivity index (χ2v) is 3.48. The third-order valence-electron chi connectivity index (χ3n) is 1.89. The van der Waals surface area contributed by atoms with Gasteiger partial charge in [0.05, 0.1) is 24.3 Å². The van der Waals surface area contributed by atoms with Crippen molar-refractivity contribution < 1.29 is 14.3 Å². The predicted octanol–water partition coefficient (Wildman–Crippen LogP) is 2.13. The lowest BCUT2D eigenvalue weighted by Crippen LogP contribution is -2.08. The van der Waals surface area contributed by atoms with E-state index in [9.17, 15) is 4.79 Å². The molecular formula is C12H13NO3. The topological polar surface area (TPSA) is 59.3 Å². The molecule has 1 aromatic carbocycles. The lowest BCUT2D eigenvalue weighted by molar-refractivity contribution is 0.0600. The van der Waals surface area contributed by atoms with Crippen LogP contribution >= 0.6 is 0 Å². The highest BCUT2D eigenvalue weighted by molar-refractivity contribution is 5.92. The van der Waals surface area contributed by atoms with Gasteiger partial charge in [-0.3, -0.25) is 0 Å². The Kier molecular flexibility index (Phi) is 3.90. The molecule has 0 fully saturated rings. The van der Waals surface area contributed by atoms with E-state index in [2.05, 4.69) is 4.74 Å². The van der Waals surface area contributed by atoms with Gasteiger partial charge in [-0.15, -0.1) is 0 Å². The minimum Gasteiger partial charge on any atom is -0.491 e. The molecule has 0 bridgehead atoms. The second-order valence-electron chi connectivity index (χ2n) is 3.48. The molecular weight excluding hydrogens is 206 g/mol. The number of benzene rings is 1. The average molecular weight is 219 g/mol. The number of carbonyl (C=O) groups is 1. The van der Waals surface area contributed by atoms with Gasteiger partial charge in [0, 0.05) is 0 Å². The van der Waals surface area contributed by atoms with Crippen LogP contribution in [0.5, 0.6) is 5.75 Å². The van der Waals surface area contributed by atoms with Gasteiger partial charge >= 0.3 is 5.97 Å². The maximum absolute atomic E-state index is 11.3. The zero-order valence-electron chi connectivity index (χ0n) is 9.48. The van der Waals surface area contributed by atoms with E-state index in [0.717, 1.165) is 0 Å². The van der Waals surface area contributed by atoms with Crippen molar-refractivity contribution in [2.45, 2.75) is 20.0 Å². The van der Waals surface area contributed by atoms with Crippen molar-refractivity contribution in [1.82, 2.24) is 0 Å². The van der Waals surface area contributed by atoms with Gasteiger partial charge in [-0.05, 0) is 32.0 Å². The number of carbonyl (C=O) groups excluding carboxylic acids is 1. The van der Waals surface area contributed by atoms with E-state index >= 15 is 0 Å². The van der Waals surface area contributed by atoms with Gasteiger partial charge in [0.15, 0.2) is 0 Å². The van der Waals surface area contributed by atoms with Gasteiger partial charge < -0.3 is 9.47 Å². The molecule has 0 atom stereocenters. The molecule has 16 heavy (non-hydrogen) atoms.